The number of halogens is 1. The van der Waals surface area contributed by atoms with E-state index in [-0.39, 0.29) is 5.91 Å². The Labute approximate surface area is 176 Å². The van der Waals surface area contributed by atoms with Gasteiger partial charge in [0, 0.05) is 22.2 Å². The van der Waals surface area contributed by atoms with Crippen LogP contribution < -0.4 is 9.62 Å². The fourth-order valence-corrected chi connectivity index (χ4v) is 5.05. The van der Waals surface area contributed by atoms with Gasteiger partial charge in [0.1, 0.15) is 6.04 Å². The molecule has 0 aromatic heterocycles. The van der Waals surface area contributed by atoms with E-state index in [4.69, 9.17) is 11.6 Å². The van der Waals surface area contributed by atoms with Crippen LogP contribution in [0.3, 0.4) is 0 Å². The van der Waals surface area contributed by atoms with Gasteiger partial charge >= 0.3 is 0 Å². The summed E-state index contributed by atoms with van der Waals surface area (Å²) >= 11 is 7.71. The number of hydrogen-bond donors (Lipinski definition) is 1. The maximum atomic E-state index is 12.8. The molecule has 2 aromatic rings. The van der Waals surface area contributed by atoms with Gasteiger partial charge in [0.05, 0.1) is 11.9 Å². The van der Waals surface area contributed by atoms with Crippen LogP contribution in [-0.4, -0.2) is 38.9 Å². The van der Waals surface area contributed by atoms with Crippen LogP contribution in [0, 0.1) is 6.92 Å². The van der Waals surface area contributed by atoms with Crippen LogP contribution in [0.25, 0.3) is 0 Å². The Kier molecular flexibility index (Phi) is 8.22. The number of thioether (sulfide) groups is 1. The molecule has 0 fully saturated rings. The molecule has 28 heavy (non-hydrogen) atoms. The lowest BCUT2D eigenvalue weighted by Gasteiger charge is -2.31. The topological polar surface area (TPSA) is 66.5 Å². The molecule has 1 amide bonds. The third kappa shape index (κ3) is 6.15. The lowest BCUT2D eigenvalue weighted by atomic mass is 10.1. The van der Waals surface area contributed by atoms with E-state index in [1.165, 1.54) is 4.31 Å². The highest BCUT2D eigenvalue weighted by molar-refractivity contribution is 7.99. The first-order chi connectivity index (χ1) is 13.2. The van der Waals surface area contributed by atoms with E-state index in [2.05, 4.69) is 5.32 Å². The van der Waals surface area contributed by atoms with Crippen molar-refractivity contribution in [2.75, 3.05) is 22.9 Å². The minimum Gasteiger partial charge on any atom is -0.353 e. The summed E-state index contributed by atoms with van der Waals surface area (Å²) in [5, 5.41) is 3.28. The van der Waals surface area contributed by atoms with Crippen molar-refractivity contribution in [3.63, 3.8) is 0 Å². The minimum atomic E-state index is -3.68. The summed E-state index contributed by atoms with van der Waals surface area (Å²) in [6.45, 7) is 4.03. The van der Waals surface area contributed by atoms with Crippen LogP contribution in [-0.2, 0) is 14.8 Å². The Morgan fingerprint density at radius 2 is 1.89 bits per heavy atom. The van der Waals surface area contributed by atoms with Crippen molar-refractivity contribution >= 4 is 45.0 Å². The van der Waals surface area contributed by atoms with E-state index in [1.54, 1.807) is 43.8 Å². The second kappa shape index (κ2) is 10.2. The van der Waals surface area contributed by atoms with Crippen molar-refractivity contribution in [1.82, 2.24) is 5.32 Å². The summed E-state index contributed by atoms with van der Waals surface area (Å²) in [5.74, 6) is 0.377. The predicted octanol–water partition coefficient (Wildman–Crippen LogP) is 4.10. The smallest absolute Gasteiger partial charge is 0.243 e. The molecule has 0 aliphatic carbocycles. The second-order valence-electron chi connectivity index (χ2n) is 6.37. The van der Waals surface area contributed by atoms with Crippen molar-refractivity contribution < 1.29 is 13.2 Å². The third-order valence-electron chi connectivity index (χ3n) is 4.15. The number of nitrogens with one attached hydrogen (secondary N) is 1. The largest absolute Gasteiger partial charge is 0.353 e. The molecule has 0 aliphatic heterocycles. The highest BCUT2D eigenvalue weighted by Gasteiger charge is 2.32. The first kappa shape index (κ1) is 22.6. The number of amides is 1. The molecule has 0 bridgehead atoms. The molecule has 0 unspecified atom stereocenters. The number of aryl methyl sites for hydroxylation is 1. The monoisotopic (exact) mass is 440 g/mol. The molecule has 152 valence electrons. The van der Waals surface area contributed by atoms with Crippen LogP contribution in [0.4, 0.5) is 5.69 Å². The molecule has 2 rings (SSSR count). The maximum Gasteiger partial charge on any atom is 0.243 e. The van der Waals surface area contributed by atoms with Gasteiger partial charge < -0.3 is 5.32 Å². The zero-order chi connectivity index (χ0) is 20.7. The van der Waals surface area contributed by atoms with Crippen LogP contribution in [0.5, 0.6) is 0 Å². The number of rotatable bonds is 9. The van der Waals surface area contributed by atoms with Gasteiger partial charge in [0.2, 0.25) is 15.9 Å². The van der Waals surface area contributed by atoms with Crippen LogP contribution in [0.1, 0.15) is 18.9 Å². The van der Waals surface area contributed by atoms with E-state index < -0.39 is 16.1 Å². The molecule has 0 aliphatic rings. The highest BCUT2D eigenvalue weighted by atomic mass is 35.5. The molecule has 8 heteroatoms. The van der Waals surface area contributed by atoms with Gasteiger partial charge in [-0.15, -0.1) is 11.8 Å². The lowest BCUT2D eigenvalue weighted by molar-refractivity contribution is -0.122. The van der Waals surface area contributed by atoms with Crippen LogP contribution in [0.2, 0.25) is 5.02 Å². The lowest BCUT2D eigenvalue weighted by Crippen LogP contribution is -2.50. The zero-order valence-electron chi connectivity index (χ0n) is 16.2. The van der Waals surface area contributed by atoms with Gasteiger partial charge in [0.15, 0.2) is 0 Å². The SMILES string of the molecule is CC[C@H](C(=O)NCCSc1ccccc1)N(c1cc(Cl)ccc1C)S(C)(=O)=O. The zero-order valence-corrected chi connectivity index (χ0v) is 18.6. The summed E-state index contributed by atoms with van der Waals surface area (Å²) in [6.07, 6.45) is 1.45. The van der Waals surface area contributed by atoms with Crippen molar-refractivity contribution in [3.8, 4) is 0 Å². The van der Waals surface area contributed by atoms with Crippen molar-refractivity contribution in [1.29, 1.82) is 0 Å². The maximum absolute atomic E-state index is 12.8. The summed E-state index contributed by atoms with van der Waals surface area (Å²) in [6, 6.07) is 14.1. The molecule has 0 saturated carbocycles. The molecule has 5 nitrogen and oxygen atoms in total. The Balaban J connectivity index is 2.12. The number of carbonyl (C=O) groups is 1. The first-order valence-electron chi connectivity index (χ1n) is 8.95. The number of carbonyl (C=O) groups excluding carboxylic acids is 1. The van der Waals surface area contributed by atoms with E-state index in [0.29, 0.717) is 29.4 Å². The molecule has 1 N–H and O–H groups in total. The summed E-state index contributed by atoms with van der Waals surface area (Å²) < 4.78 is 26.2. The number of nitrogens with zero attached hydrogens (tertiary/aromatic N) is 1. The normalized spacial score (nSPS) is 12.4. The number of benzene rings is 2. The van der Waals surface area contributed by atoms with E-state index >= 15 is 0 Å². The van der Waals surface area contributed by atoms with E-state index in [9.17, 15) is 13.2 Å². The molecule has 0 heterocycles. The van der Waals surface area contributed by atoms with Gasteiger partial charge in [0.25, 0.3) is 0 Å². The van der Waals surface area contributed by atoms with Crippen LogP contribution >= 0.6 is 23.4 Å². The molecule has 0 radical (unpaired) electrons. The fraction of sp³-hybridized carbons (Fsp3) is 0.350. The average Bonchev–Trinajstić information content (AvgIpc) is 2.65. The third-order valence-corrected chi connectivity index (χ3v) is 6.57. The quantitative estimate of drug-likeness (QED) is 0.471. The van der Waals surface area contributed by atoms with Gasteiger partial charge in [-0.3, -0.25) is 9.10 Å². The van der Waals surface area contributed by atoms with Gasteiger partial charge in [-0.25, -0.2) is 8.42 Å². The Morgan fingerprint density at radius 1 is 1.21 bits per heavy atom. The first-order valence-corrected chi connectivity index (χ1v) is 12.2. The summed E-state index contributed by atoms with van der Waals surface area (Å²) in [7, 11) is -3.68. The Hall–Kier alpha value is -1.70. The Bertz CT molecular complexity index is 905. The average molecular weight is 441 g/mol. The minimum absolute atomic E-state index is 0.319. The molecule has 2 aromatic carbocycles. The van der Waals surface area contributed by atoms with Crippen molar-refractivity contribution in [3.05, 3.63) is 59.1 Å². The predicted molar refractivity (Wildman–Crippen MR) is 118 cm³/mol. The van der Waals surface area contributed by atoms with E-state index in [1.807, 2.05) is 30.3 Å². The molecular weight excluding hydrogens is 416 g/mol. The molecule has 0 saturated heterocycles. The van der Waals surface area contributed by atoms with E-state index in [0.717, 1.165) is 16.7 Å². The Morgan fingerprint density at radius 3 is 2.50 bits per heavy atom. The molecule has 1 atom stereocenters. The van der Waals surface area contributed by atoms with Crippen LogP contribution in [0.15, 0.2) is 53.4 Å². The number of sulfonamides is 1. The standard InChI is InChI=1S/C20H25ClN2O3S2/c1-4-18(20(24)22-12-13-27-17-8-6-5-7-9-17)23(28(3,25)26)19-14-16(21)11-10-15(19)2/h5-11,14,18H,4,12-13H2,1-3H3,(H,22,24)/t18-/m1/s1. The fourth-order valence-electron chi connectivity index (χ4n) is 2.83. The number of hydrogen-bond acceptors (Lipinski definition) is 4. The number of anilines is 1. The van der Waals surface area contributed by atoms with Crippen molar-refractivity contribution in [2.24, 2.45) is 0 Å². The van der Waals surface area contributed by atoms with Crippen molar-refractivity contribution in [2.45, 2.75) is 31.2 Å². The second-order valence-corrected chi connectivity index (χ2v) is 9.83. The van der Waals surface area contributed by atoms with Gasteiger partial charge in [-0.05, 0) is 43.2 Å². The highest BCUT2D eigenvalue weighted by Crippen LogP contribution is 2.29. The molecule has 0 spiro atoms. The van der Waals surface area contributed by atoms with Gasteiger partial charge in [-0.2, -0.15) is 0 Å². The van der Waals surface area contributed by atoms with Gasteiger partial charge in [-0.1, -0.05) is 42.8 Å². The molecular formula is C20H25ClN2O3S2. The summed E-state index contributed by atoms with van der Waals surface area (Å²) in [5.41, 5.74) is 1.16. The summed E-state index contributed by atoms with van der Waals surface area (Å²) in [4.78, 5) is 13.9.